The van der Waals surface area contributed by atoms with Gasteiger partial charge in [-0.2, -0.15) is 0 Å². The molecule has 4 nitrogen and oxygen atoms in total. The number of amides is 1. The smallest absolute Gasteiger partial charge is 0.238 e. The van der Waals surface area contributed by atoms with E-state index in [1.165, 1.54) is 18.2 Å². The largest absolute Gasteiger partial charge is 0.389 e. The molecule has 1 aromatic carbocycles. The van der Waals surface area contributed by atoms with Gasteiger partial charge in [0.15, 0.2) is 0 Å². The van der Waals surface area contributed by atoms with Gasteiger partial charge in [0.05, 0.1) is 17.2 Å². The molecule has 0 aliphatic carbocycles. The first kappa shape index (κ1) is 16.2. The van der Waals surface area contributed by atoms with Crippen LogP contribution in [0.3, 0.4) is 0 Å². The number of hydrogen-bond donors (Lipinski definition) is 2. The van der Waals surface area contributed by atoms with Crippen LogP contribution in [0.4, 0.5) is 10.1 Å². The van der Waals surface area contributed by atoms with Crippen LogP contribution in [0.15, 0.2) is 18.2 Å². The predicted molar refractivity (Wildman–Crippen MR) is 80.9 cm³/mol. The van der Waals surface area contributed by atoms with E-state index in [0.29, 0.717) is 5.69 Å². The summed E-state index contributed by atoms with van der Waals surface area (Å²) < 4.78 is 13.1. The molecule has 1 saturated heterocycles. The van der Waals surface area contributed by atoms with Crippen molar-refractivity contribution in [3.63, 3.8) is 0 Å². The summed E-state index contributed by atoms with van der Waals surface area (Å²) >= 11 is 5.68. The van der Waals surface area contributed by atoms with Crippen LogP contribution < -0.4 is 5.32 Å². The molecule has 1 aliphatic rings. The van der Waals surface area contributed by atoms with Crippen LogP contribution in [0, 0.1) is 5.82 Å². The maximum atomic E-state index is 13.1. The van der Waals surface area contributed by atoms with Crippen molar-refractivity contribution < 1.29 is 14.3 Å². The lowest BCUT2D eigenvalue weighted by atomic mass is 9.97. The third-order valence-electron chi connectivity index (χ3n) is 3.73. The van der Waals surface area contributed by atoms with Crippen LogP contribution >= 0.6 is 11.6 Å². The fourth-order valence-electron chi connectivity index (χ4n) is 2.77. The molecule has 116 valence electrons. The van der Waals surface area contributed by atoms with Crippen molar-refractivity contribution in [3.05, 3.63) is 29.0 Å². The van der Waals surface area contributed by atoms with E-state index in [1.54, 1.807) is 13.8 Å². The van der Waals surface area contributed by atoms with E-state index in [9.17, 15) is 14.3 Å². The fraction of sp³-hybridized carbons (Fsp3) is 0.533. The van der Waals surface area contributed by atoms with Gasteiger partial charge in [0.25, 0.3) is 0 Å². The minimum atomic E-state index is -0.837. The summed E-state index contributed by atoms with van der Waals surface area (Å²) in [6.07, 6.45) is 1.84. The second-order valence-electron chi connectivity index (χ2n) is 5.96. The van der Waals surface area contributed by atoms with Crippen LogP contribution in [-0.4, -0.2) is 40.6 Å². The quantitative estimate of drug-likeness (QED) is 0.898. The lowest BCUT2D eigenvalue weighted by Crippen LogP contribution is -2.48. The molecule has 0 spiro atoms. The Morgan fingerprint density at radius 2 is 2.29 bits per heavy atom. The second-order valence-corrected chi connectivity index (χ2v) is 6.37. The molecule has 1 fully saturated rings. The zero-order valence-corrected chi connectivity index (χ0v) is 13.0. The van der Waals surface area contributed by atoms with E-state index in [-0.39, 0.29) is 23.5 Å². The fourth-order valence-corrected chi connectivity index (χ4v) is 2.95. The molecule has 2 N–H and O–H groups in total. The zero-order chi connectivity index (χ0) is 15.6. The summed E-state index contributed by atoms with van der Waals surface area (Å²) in [4.78, 5) is 14.0. The maximum Gasteiger partial charge on any atom is 0.238 e. The zero-order valence-electron chi connectivity index (χ0n) is 12.2. The molecule has 1 aliphatic heterocycles. The molecule has 1 amide bonds. The van der Waals surface area contributed by atoms with E-state index < -0.39 is 11.4 Å². The van der Waals surface area contributed by atoms with Crippen LogP contribution in [0.1, 0.15) is 26.7 Å². The van der Waals surface area contributed by atoms with Crippen molar-refractivity contribution in [1.29, 1.82) is 0 Å². The Kier molecular flexibility index (Phi) is 4.86. The Hall–Kier alpha value is -1.17. The summed E-state index contributed by atoms with van der Waals surface area (Å²) in [5, 5.41) is 12.8. The van der Waals surface area contributed by atoms with Gasteiger partial charge < -0.3 is 10.4 Å². The molecular formula is C15H20ClFN2O2. The van der Waals surface area contributed by atoms with E-state index in [0.717, 1.165) is 19.4 Å². The molecular weight excluding hydrogens is 295 g/mol. The number of carbonyl (C=O) groups is 1. The molecule has 0 bridgehead atoms. The molecule has 21 heavy (non-hydrogen) atoms. The van der Waals surface area contributed by atoms with Gasteiger partial charge in [0.2, 0.25) is 5.91 Å². The summed E-state index contributed by atoms with van der Waals surface area (Å²) in [6.45, 7) is 4.50. The molecule has 1 heterocycles. The molecule has 0 saturated carbocycles. The van der Waals surface area contributed by atoms with E-state index >= 15 is 0 Å². The Labute approximate surface area is 128 Å². The third-order valence-corrected chi connectivity index (χ3v) is 4.02. The molecule has 1 atom stereocenters. The highest BCUT2D eigenvalue weighted by molar-refractivity contribution is 6.31. The van der Waals surface area contributed by atoms with Crippen molar-refractivity contribution >= 4 is 23.2 Å². The normalized spacial score (nSPS) is 19.8. The van der Waals surface area contributed by atoms with Gasteiger partial charge in [-0.1, -0.05) is 11.6 Å². The first-order valence-electron chi connectivity index (χ1n) is 6.98. The van der Waals surface area contributed by atoms with Crippen molar-refractivity contribution in [2.75, 3.05) is 18.4 Å². The number of hydrogen-bond acceptors (Lipinski definition) is 3. The summed E-state index contributed by atoms with van der Waals surface area (Å²) in [5.74, 6) is -0.717. The highest BCUT2D eigenvalue weighted by Crippen LogP contribution is 2.26. The number of halogens is 2. The van der Waals surface area contributed by atoms with Gasteiger partial charge >= 0.3 is 0 Å². The number of nitrogens with zero attached hydrogens (tertiary/aromatic N) is 1. The van der Waals surface area contributed by atoms with Crippen LogP contribution in [0.2, 0.25) is 5.02 Å². The van der Waals surface area contributed by atoms with Gasteiger partial charge in [-0.25, -0.2) is 4.39 Å². The lowest BCUT2D eigenvalue weighted by Gasteiger charge is -2.33. The number of rotatable bonds is 4. The number of anilines is 1. The number of nitrogens with one attached hydrogen (secondary N) is 1. The molecule has 1 unspecified atom stereocenters. The number of likely N-dealkylation sites (tertiary alicyclic amines) is 1. The van der Waals surface area contributed by atoms with Crippen LogP contribution in [0.5, 0.6) is 0 Å². The molecule has 0 radical (unpaired) electrons. The molecule has 1 aromatic rings. The minimum absolute atomic E-state index is 0.0247. The Balaban J connectivity index is 1.96. The number of benzene rings is 1. The minimum Gasteiger partial charge on any atom is -0.389 e. The van der Waals surface area contributed by atoms with E-state index in [4.69, 9.17) is 11.6 Å². The average molecular weight is 315 g/mol. The Bertz CT molecular complexity index is 531. The number of aliphatic hydroxyl groups is 1. The molecule has 2 rings (SSSR count). The van der Waals surface area contributed by atoms with Crippen molar-refractivity contribution in [2.45, 2.75) is 38.3 Å². The van der Waals surface area contributed by atoms with Crippen molar-refractivity contribution in [3.8, 4) is 0 Å². The van der Waals surface area contributed by atoms with Gasteiger partial charge in [0, 0.05) is 11.7 Å². The summed E-state index contributed by atoms with van der Waals surface area (Å²) in [6, 6.07) is 4.04. The standard InChI is InChI=1S/C15H20ClFN2O2/c1-15(2,21)13-4-3-7-19(13)9-14(20)18-10-5-6-12(17)11(16)8-10/h5-6,8,13,21H,3-4,7,9H2,1-2H3,(H,18,20). The first-order valence-corrected chi connectivity index (χ1v) is 7.36. The topological polar surface area (TPSA) is 52.6 Å². The SMILES string of the molecule is CC(C)(O)C1CCCN1CC(=O)Nc1ccc(F)c(Cl)c1. The van der Waals surface area contributed by atoms with E-state index in [1.807, 2.05) is 4.90 Å². The van der Waals surface area contributed by atoms with Gasteiger partial charge in [0.1, 0.15) is 5.82 Å². The van der Waals surface area contributed by atoms with Gasteiger partial charge in [-0.3, -0.25) is 9.69 Å². The second kappa shape index (κ2) is 6.30. The monoisotopic (exact) mass is 314 g/mol. The molecule has 6 heteroatoms. The van der Waals surface area contributed by atoms with Crippen molar-refractivity contribution in [2.24, 2.45) is 0 Å². The van der Waals surface area contributed by atoms with Crippen LogP contribution in [-0.2, 0) is 4.79 Å². The van der Waals surface area contributed by atoms with Crippen LogP contribution in [0.25, 0.3) is 0 Å². The first-order chi connectivity index (χ1) is 9.77. The van der Waals surface area contributed by atoms with E-state index in [2.05, 4.69) is 5.32 Å². The average Bonchev–Trinajstić information content (AvgIpc) is 2.81. The summed E-state index contributed by atoms with van der Waals surface area (Å²) in [7, 11) is 0. The molecule has 0 aromatic heterocycles. The third kappa shape index (κ3) is 4.15. The van der Waals surface area contributed by atoms with Gasteiger partial charge in [-0.15, -0.1) is 0 Å². The Morgan fingerprint density at radius 3 is 2.90 bits per heavy atom. The highest BCUT2D eigenvalue weighted by atomic mass is 35.5. The van der Waals surface area contributed by atoms with Gasteiger partial charge in [-0.05, 0) is 51.4 Å². The maximum absolute atomic E-state index is 13.1. The predicted octanol–water partition coefficient (Wildman–Crippen LogP) is 2.65. The lowest BCUT2D eigenvalue weighted by molar-refractivity contribution is -0.118. The Morgan fingerprint density at radius 1 is 1.57 bits per heavy atom. The number of carbonyl (C=O) groups excluding carboxylic acids is 1. The highest BCUT2D eigenvalue weighted by Gasteiger charge is 2.36. The van der Waals surface area contributed by atoms with Crippen molar-refractivity contribution in [1.82, 2.24) is 4.90 Å². The summed E-state index contributed by atoms with van der Waals surface area (Å²) in [5.41, 5.74) is -0.374.